The molecule has 1 aliphatic carbocycles. The molecule has 1 saturated carbocycles. The first kappa shape index (κ1) is 11.9. The number of aromatic carboxylic acids is 1. The predicted octanol–water partition coefficient (Wildman–Crippen LogP) is 2.46. The summed E-state index contributed by atoms with van der Waals surface area (Å²) in [5, 5.41) is 17.1. The zero-order valence-electron chi connectivity index (χ0n) is 10.7. The molecule has 1 aliphatic rings. The summed E-state index contributed by atoms with van der Waals surface area (Å²) in [5.41, 5.74) is 1.97. The SMILES string of the molecule is CC(c1ccccc1)n1nnc(C(=O)O)c1C1CC1. The van der Waals surface area contributed by atoms with Gasteiger partial charge in [0.05, 0.1) is 11.7 Å². The molecule has 2 aromatic rings. The number of benzene rings is 1. The summed E-state index contributed by atoms with van der Waals surface area (Å²) in [6.07, 6.45) is 2.05. The fourth-order valence-electron chi connectivity index (χ4n) is 2.35. The molecule has 1 aromatic carbocycles. The van der Waals surface area contributed by atoms with E-state index in [0.717, 1.165) is 24.1 Å². The molecule has 0 bridgehead atoms. The van der Waals surface area contributed by atoms with Gasteiger partial charge in [-0.25, -0.2) is 9.48 Å². The molecule has 0 spiro atoms. The lowest BCUT2D eigenvalue weighted by atomic mass is 10.1. The van der Waals surface area contributed by atoms with Crippen LogP contribution in [-0.2, 0) is 0 Å². The Morgan fingerprint density at radius 2 is 2.05 bits per heavy atom. The second-order valence-electron chi connectivity index (χ2n) is 4.93. The topological polar surface area (TPSA) is 68.0 Å². The van der Waals surface area contributed by atoms with Crippen molar-refractivity contribution in [2.24, 2.45) is 0 Å². The second kappa shape index (κ2) is 4.50. The number of carboxylic acids is 1. The zero-order valence-corrected chi connectivity index (χ0v) is 10.7. The highest BCUT2D eigenvalue weighted by Gasteiger charge is 2.35. The largest absolute Gasteiger partial charge is 0.476 e. The van der Waals surface area contributed by atoms with Crippen LogP contribution in [0, 0.1) is 0 Å². The lowest BCUT2D eigenvalue weighted by molar-refractivity contribution is 0.0689. The van der Waals surface area contributed by atoms with Gasteiger partial charge in [-0.1, -0.05) is 35.5 Å². The van der Waals surface area contributed by atoms with Crippen molar-refractivity contribution in [1.82, 2.24) is 15.0 Å². The minimum atomic E-state index is -0.992. The molecule has 3 rings (SSSR count). The first-order valence-electron chi connectivity index (χ1n) is 6.42. The Hall–Kier alpha value is -2.17. The van der Waals surface area contributed by atoms with Gasteiger partial charge in [-0.3, -0.25) is 0 Å². The highest BCUT2D eigenvalue weighted by Crippen LogP contribution is 2.42. The maximum Gasteiger partial charge on any atom is 0.358 e. The van der Waals surface area contributed by atoms with Gasteiger partial charge >= 0.3 is 5.97 Å². The van der Waals surface area contributed by atoms with Crippen molar-refractivity contribution in [3.8, 4) is 0 Å². The minimum Gasteiger partial charge on any atom is -0.476 e. The van der Waals surface area contributed by atoms with Gasteiger partial charge < -0.3 is 5.11 Å². The number of carboxylic acid groups (broad SMARTS) is 1. The molecule has 0 saturated heterocycles. The lowest BCUT2D eigenvalue weighted by Crippen LogP contribution is -2.13. The average Bonchev–Trinajstić information content (AvgIpc) is 3.17. The van der Waals surface area contributed by atoms with E-state index < -0.39 is 5.97 Å². The molecule has 0 amide bonds. The van der Waals surface area contributed by atoms with Crippen molar-refractivity contribution in [3.63, 3.8) is 0 Å². The van der Waals surface area contributed by atoms with Gasteiger partial charge in [-0.2, -0.15) is 0 Å². The van der Waals surface area contributed by atoms with Crippen LogP contribution in [0.5, 0.6) is 0 Å². The maximum absolute atomic E-state index is 11.2. The highest BCUT2D eigenvalue weighted by atomic mass is 16.4. The van der Waals surface area contributed by atoms with Crippen molar-refractivity contribution in [3.05, 3.63) is 47.3 Å². The number of hydrogen-bond donors (Lipinski definition) is 1. The molecule has 1 N–H and O–H groups in total. The van der Waals surface area contributed by atoms with Crippen molar-refractivity contribution in [1.29, 1.82) is 0 Å². The van der Waals surface area contributed by atoms with E-state index in [1.54, 1.807) is 4.68 Å². The number of hydrogen-bond acceptors (Lipinski definition) is 3. The van der Waals surface area contributed by atoms with E-state index in [0.29, 0.717) is 5.92 Å². The minimum absolute atomic E-state index is 0.00241. The molecule has 5 nitrogen and oxygen atoms in total. The first-order valence-corrected chi connectivity index (χ1v) is 6.42. The van der Waals surface area contributed by atoms with Crippen LogP contribution in [0.15, 0.2) is 30.3 Å². The molecule has 1 atom stereocenters. The lowest BCUT2D eigenvalue weighted by Gasteiger charge is -2.15. The number of nitrogens with zero attached hydrogens (tertiary/aromatic N) is 3. The average molecular weight is 257 g/mol. The third kappa shape index (κ3) is 2.12. The van der Waals surface area contributed by atoms with Crippen LogP contribution in [-0.4, -0.2) is 26.1 Å². The van der Waals surface area contributed by atoms with Crippen LogP contribution in [0.25, 0.3) is 0 Å². The Morgan fingerprint density at radius 1 is 1.37 bits per heavy atom. The monoisotopic (exact) mass is 257 g/mol. The molecule has 1 heterocycles. The molecule has 1 aromatic heterocycles. The molecule has 0 aliphatic heterocycles. The fourth-order valence-corrected chi connectivity index (χ4v) is 2.35. The third-order valence-electron chi connectivity index (χ3n) is 3.55. The fraction of sp³-hybridized carbons (Fsp3) is 0.357. The summed E-state index contributed by atoms with van der Waals surface area (Å²) in [4.78, 5) is 11.2. The smallest absolute Gasteiger partial charge is 0.358 e. The van der Waals surface area contributed by atoms with Crippen molar-refractivity contribution in [2.45, 2.75) is 31.7 Å². The summed E-state index contributed by atoms with van der Waals surface area (Å²) in [7, 11) is 0. The molecule has 19 heavy (non-hydrogen) atoms. The van der Waals surface area contributed by atoms with Gasteiger partial charge in [0.1, 0.15) is 0 Å². The van der Waals surface area contributed by atoms with Crippen LogP contribution in [0.4, 0.5) is 0 Å². The van der Waals surface area contributed by atoms with E-state index in [1.165, 1.54) is 0 Å². The molecule has 1 unspecified atom stereocenters. The quantitative estimate of drug-likeness (QED) is 0.913. The number of aromatic nitrogens is 3. The second-order valence-corrected chi connectivity index (χ2v) is 4.93. The van der Waals surface area contributed by atoms with Crippen molar-refractivity contribution in [2.75, 3.05) is 0 Å². The number of rotatable bonds is 4. The normalized spacial score (nSPS) is 16.3. The summed E-state index contributed by atoms with van der Waals surface area (Å²) < 4.78 is 1.76. The number of carbonyl (C=O) groups is 1. The Kier molecular flexibility index (Phi) is 2.81. The Morgan fingerprint density at radius 3 is 2.63 bits per heavy atom. The van der Waals surface area contributed by atoms with Gasteiger partial charge in [-0.15, -0.1) is 5.10 Å². The zero-order chi connectivity index (χ0) is 13.4. The van der Waals surface area contributed by atoms with Crippen LogP contribution in [0.2, 0.25) is 0 Å². The Balaban J connectivity index is 2.03. The standard InChI is InChI=1S/C14H15N3O2/c1-9(10-5-3-2-4-6-10)17-13(11-7-8-11)12(14(18)19)15-16-17/h2-6,9,11H,7-8H2,1H3,(H,18,19). The van der Waals surface area contributed by atoms with Gasteiger partial charge in [-0.05, 0) is 25.3 Å². The van der Waals surface area contributed by atoms with E-state index in [2.05, 4.69) is 10.3 Å². The molecule has 5 heteroatoms. The Bertz CT molecular complexity index is 602. The molecular formula is C14H15N3O2. The van der Waals surface area contributed by atoms with Crippen LogP contribution in [0.3, 0.4) is 0 Å². The summed E-state index contributed by atoms with van der Waals surface area (Å²) in [6, 6.07) is 9.93. The van der Waals surface area contributed by atoms with E-state index in [4.69, 9.17) is 0 Å². The summed E-state index contributed by atoms with van der Waals surface area (Å²) >= 11 is 0. The van der Waals surface area contributed by atoms with Gasteiger partial charge in [0.2, 0.25) is 0 Å². The molecule has 98 valence electrons. The maximum atomic E-state index is 11.2. The van der Waals surface area contributed by atoms with Crippen molar-refractivity contribution >= 4 is 5.97 Å². The van der Waals surface area contributed by atoms with Gasteiger partial charge in [0.15, 0.2) is 5.69 Å². The van der Waals surface area contributed by atoms with E-state index >= 15 is 0 Å². The van der Waals surface area contributed by atoms with Crippen molar-refractivity contribution < 1.29 is 9.90 Å². The third-order valence-corrected chi connectivity index (χ3v) is 3.55. The summed E-state index contributed by atoms with van der Waals surface area (Å²) in [5.74, 6) is -0.694. The first-order chi connectivity index (χ1) is 9.18. The Labute approximate surface area is 110 Å². The van der Waals surface area contributed by atoms with E-state index in [9.17, 15) is 9.90 Å². The van der Waals surface area contributed by atoms with E-state index in [-0.39, 0.29) is 11.7 Å². The van der Waals surface area contributed by atoms with E-state index in [1.807, 2.05) is 37.3 Å². The highest BCUT2D eigenvalue weighted by molar-refractivity contribution is 5.86. The van der Waals surface area contributed by atoms with Gasteiger partial charge in [0, 0.05) is 5.92 Å². The molecular weight excluding hydrogens is 242 g/mol. The van der Waals surface area contributed by atoms with Crippen LogP contribution in [0.1, 0.15) is 53.5 Å². The van der Waals surface area contributed by atoms with Crippen LogP contribution >= 0.6 is 0 Å². The predicted molar refractivity (Wildman–Crippen MR) is 69.2 cm³/mol. The molecule has 1 fully saturated rings. The molecule has 0 radical (unpaired) electrons. The summed E-state index contributed by atoms with van der Waals surface area (Å²) in [6.45, 7) is 2.02. The van der Waals surface area contributed by atoms with Gasteiger partial charge in [0.25, 0.3) is 0 Å². The van der Waals surface area contributed by atoms with Crippen LogP contribution < -0.4 is 0 Å².